The lowest BCUT2D eigenvalue weighted by Crippen LogP contribution is -2.63. The monoisotopic (exact) mass is 506 g/mol. The number of nitrogens with zero attached hydrogens (tertiary/aromatic N) is 4. The van der Waals surface area contributed by atoms with E-state index in [0.717, 1.165) is 0 Å². The summed E-state index contributed by atoms with van der Waals surface area (Å²) in [7, 11) is 0. The van der Waals surface area contributed by atoms with Gasteiger partial charge < -0.3 is 29.8 Å². The molecule has 6 atom stereocenters. The highest BCUT2D eigenvalue weighted by Crippen LogP contribution is 2.52. The number of aliphatic carboxylic acids is 1. The fraction of sp³-hybridized carbons (Fsp3) is 0.696. The summed E-state index contributed by atoms with van der Waals surface area (Å²) < 4.78 is 0. The number of aliphatic hydroxyl groups excluding tert-OH is 1. The Morgan fingerprint density at radius 1 is 1.09 bits per heavy atom. The molecule has 0 bridgehead atoms. The minimum atomic E-state index is -1.16. The topological polar surface area (TPSA) is 152 Å². The van der Waals surface area contributed by atoms with E-state index < -0.39 is 24.0 Å². The fourth-order valence-electron chi connectivity index (χ4n) is 5.82. The molecule has 35 heavy (non-hydrogen) atoms. The summed E-state index contributed by atoms with van der Waals surface area (Å²) in [5, 5.41) is 35.9. The molecule has 4 heterocycles. The van der Waals surface area contributed by atoms with E-state index in [1.807, 2.05) is 11.8 Å². The number of fused-ring (bicyclic) bond motifs is 1. The van der Waals surface area contributed by atoms with E-state index in [-0.39, 0.29) is 34.7 Å². The third-order valence-electron chi connectivity index (χ3n) is 7.65. The van der Waals surface area contributed by atoms with Gasteiger partial charge in [0, 0.05) is 48.8 Å². The maximum atomic E-state index is 13.4. The number of piperazine rings is 1. The predicted octanol–water partition coefficient (Wildman–Crippen LogP) is 0.455. The Labute approximate surface area is 209 Å². The van der Waals surface area contributed by atoms with Crippen molar-refractivity contribution in [3.8, 4) is 0 Å². The van der Waals surface area contributed by atoms with Gasteiger partial charge in [0.15, 0.2) is 0 Å². The largest absolute Gasteiger partial charge is 0.477 e. The Hall–Kier alpha value is -2.60. The summed E-state index contributed by atoms with van der Waals surface area (Å²) >= 11 is 1.39. The molecule has 4 aliphatic rings. The third-order valence-corrected chi connectivity index (χ3v) is 9.14. The fourth-order valence-corrected chi connectivity index (χ4v) is 7.34. The van der Waals surface area contributed by atoms with E-state index in [2.05, 4.69) is 0 Å². The number of amidine groups is 2. The quantitative estimate of drug-likeness (QED) is 0.238. The summed E-state index contributed by atoms with van der Waals surface area (Å²) in [5.41, 5.74) is -0.0135. The number of β-lactam (4-membered cyclic amide) rings is 1. The number of carbonyl (C=O) groups is 3. The molecule has 12 heteroatoms. The van der Waals surface area contributed by atoms with Gasteiger partial charge in [-0.3, -0.25) is 20.4 Å². The zero-order valence-corrected chi connectivity index (χ0v) is 21.3. The zero-order chi connectivity index (χ0) is 25.8. The van der Waals surface area contributed by atoms with Gasteiger partial charge in [0.2, 0.25) is 11.8 Å². The van der Waals surface area contributed by atoms with Gasteiger partial charge in [-0.05, 0) is 27.2 Å². The van der Waals surface area contributed by atoms with Crippen molar-refractivity contribution in [2.24, 2.45) is 11.8 Å². The Balaban J connectivity index is 1.50. The van der Waals surface area contributed by atoms with Crippen LogP contribution in [0.4, 0.5) is 0 Å². The number of carbonyl (C=O) groups excluding carboxylic acids is 2. The maximum Gasteiger partial charge on any atom is 0.353 e. The highest BCUT2D eigenvalue weighted by atomic mass is 32.2. The number of amides is 2. The normalized spacial score (nSPS) is 31.5. The zero-order valence-electron chi connectivity index (χ0n) is 20.5. The van der Waals surface area contributed by atoms with Gasteiger partial charge in [0.1, 0.15) is 11.7 Å². The van der Waals surface area contributed by atoms with Gasteiger partial charge in [0.05, 0.1) is 29.7 Å². The molecule has 0 unspecified atom stereocenters. The molecule has 0 aromatic rings. The summed E-state index contributed by atoms with van der Waals surface area (Å²) in [4.78, 5) is 45.6. The van der Waals surface area contributed by atoms with Crippen LogP contribution in [0, 0.1) is 22.7 Å². The lowest BCUT2D eigenvalue weighted by molar-refractivity contribution is -0.163. The molecular weight excluding hydrogens is 472 g/mol. The smallest absolute Gasteiger partial charge is 0.353 e. The first-order valence-electron chi connectivity index (χ1n) is 12.0. The minimum Gasteiger partial charge on any atom is -0.477 e. The summed E-state index contributed by atoms with van der Waals surface area (Å²) in [6.45, 7) is 9.55. The van der Waals surface area contributed by atoms with Crippen LogP contribution < -0.4 is 0 Å². The van der Waals surface area contributed by atoms with Crippen LogP contribution in [0.2, 0.25) is 0 Å². The van der Waals surface area contributed by atoms with Gasteiger partial charge in [-0.15, -0.1) is 11.8 Å². The molecule has 0 aromatic heterocycles. The Kier molecular flexibility index (Phi) is 6.89. The van der Waals surface area contributed by atoms with Crippen molar-refractivity contribution < 1.29 is 24.6 Å². The van der Waals surface area contributed by atoms with Crippen molar-refractivity contribution in [1.82, 2.24) is 19.6 Å². The van der Waals surface area contributed by atoms with Crippen molar-refractivity contribution in [2.75, 3.05) is 32.7 Å². The first kappa shape index (κ1) is 25.5. The first-order valence-corrected chi connectivity index (χ1v) is 12.9. The van der Waals surface area contributed by atoms with E-state index in [4.69, 9.17) is 10.8 Å². The molecule has 192 valence electrons. The number of hydrogen-bond acceptors (Lipinski definition) is 7. The van der Waals surface area contributed by atoms with Crippen LogP contribution in [-0.2, 0) is 14.4 Å². The second-order valence-corrected chi connectivity index (χ2v) is 11.2. The van der Waals surface area contributed by atoms with Crippen molar-refractivity contribution >= 4 is 41.2 Å². The number of thioether (sulfide) groups is 1. The molecule has 0 aliphatic carbocycles. The second-order valence-electron chi connectivity index (χ2n) is 9.90. The van der Waals surface area contributed by atoms with Crippen LogP contribution in [-0.4, -0.2) is 115 Å². The van der Waals surface area contributed by atoms with Gasteiger partial charge in [-0.1, -0.05) is 6.92 Å². The Morgan fingerprint density at radius 2 is 1.69 bits per heavy atom. The number of carboxylic acids is 1. The molecule has 3 fully saturated rings. The van der Waals surface area contributed by atoms with Gasteiger partial charge in [0.25, 0.3) is 0 Å². The van der Waals surface area contributed by atoms with Gasteiger partial charge >= 0.3 is 5.97 Å². The molecule has 4 aliphatic heterocycles. The molecular formula is C23H34N6O5S. The van der Waals surface area contributed by atoms with Crippen LogP contribution in [0.3, 0.4) is 0 Å². The molecule has 4 N–H and O–H groups in total. The Morgan fingerprint density at radius 3 is 2.20 bits per heavy atom. The van der Waals surface area contributed by atoms with E-state index in [0.29, 0.717) is 55.7 Å². The lowest BCUT2D eigenvalue weighted by Gasteiger charge is -2.46. The van der Waals surface area contributed by atoms with Crippen molar-refractivity contribution in [3.05, 3.63) is 10.6 Å². The third kappa shape index (κ3) is 4.31. The standard InChI is InChI=1S/C23H34N6O5S/c1-11-18-17(12(2)30)22(32)29(18)19(23(33)34)20(11)35-15-9-16(28(10-15)14(4)25)21(31)27-7-5-26(6-8-27)13(3)24/h11-12,15-18,24-25,30H,5-10H2,1-4H3,(H,33,34)/t11-,12-,15+,16+,17-,18-/m1/s1. The predicted molar refractivity (Wildman–Crippen MR) is 131 cm³/mol. The average molecular weight is 507 g/mol. The molecule has 0 radical (unpaired) electrons. The van der Waals surface area contributed by atoms with E-state index in [1.165, 1.54) is 16.7 Å². The molecule has 2 amide bonds. The first-order chi connectivity index (χ1) is 16.4. The molecule has 0 aromatic carbocycles. The number of nitrogens with one attached hydrogen (secondary N) is 2. The van der Waals surface area contributed by atoms with Crippen LogP contribution in [0.5, 0.6) is 0 Å². The molecule has 3 saturated heterocycles. The SMILES string of the molecule is CC(=N)N1CCN(C(=O)[C@@H]2C[C@H](SC3=C(C(=O)O)N4C(=O)[C@H]([C@@H](C)O)[C@H]4[C@H]3C)CN2C(C)=N)CC1. The number of rotatable bonds is 5. The molecule has 0 saturated carbocycles. The molecule has 11 nitrogen and oxygen atoms in total. The summed E-state index contributed by atoms with van der Waals surface area (Å²) in [5.74, 6) is -1.63. The van der Waals surface area contributed by atoms with Gasteiger partial charge in [-0.25, -0.2) is 4.79 Å². The number of hydrogen-bond donors (Lipinski definition) is 4. The lowest BCUT2D eigenvalue weighted by atomic mass is 9.79. The van der Waals surface area contributed by atoms with Crippen LogP contribution in [0.15, 0.2) is 10.6 Å². The van der Waals surface area contributed by atoms with Crippen LogP contribution >= 0.6 is 11.8 Å². The maximum absolute atomic E-state index is 13.4. The number of carboxylic acid groups (broad SMARTS) is 1. The van der Waals surface area contributed by atoms with Crippen molar-refractivity contribution in [1.29, 1.82) is 10.8 Å². The summed E-state index contributed by atoms with van der Waals surface area (Å²) in [6.07, 6.45) is -0.377. The summed E-state index contributed by atoms with van der Waals surface area (Å²) in [6, 6.07) is -0.865. The highest BCUT2D eigenvalue weighted by Gasteiger charge is 2.60. The van der Waals surface area contributed by atoms with E-state index >= 15 is 0 Å². The molecule has 0 spiro atoms. The van der Waals surface area contributed by atoms with E-state index in [1.54, 1.807) is 30.6 Å². The van der Waals surface area contributed by atoms with Crippen LogP contribution in [0.25, 0.3) is 0 Å². The Bertz CT molecular complexity index is 991. The van der Waals surface area contributed by atoms with E-state index in [9.17, 15) is 24.6 Å². The van der Waals surface area contributed by atoms with Gasteiger partial charge in [-0.2, -0.15) is 0 Å². The minimum absolute atomic E-state index is 0.0135. The highest BCUT2D eigenvalue weighted by molar-refractivity contribution is 8.03. The number of likely N-dealkylation sites (tertiary alicyclic amines) is 1. The second kappa shape index (κ2) is 9.45. The molecule has 4 rings (SSSR count). The van der Waals surface area contributed by atoms with Crippen LogP contribution in [0.1, 0.15) is 34.1 Å². The number of aliphatic hydroxyl groups is 1. The average Bonchev–Trinajstić information content (AvgIpc) is 3.31. The van der Waals surface area contributed by atoms with Crippen molar-refractivity contribution in [2.45, 2.75) is 57.6 Å². The van der Waals surface area contributed by atoms with Crippen molar-refractivity contribution in [3.63, 3.8) is 0 Å².